The normalized spacial score (nSPS) is 15.1. The predicted molar refractivity (Wildman–Crippen MR) is 114 cm³/mol. The fraction of sp³-hybridized carbons (Fsp3) is 0.167. The van der Waals surface area contributed by atoms with Crippen LogP contribution in [-0.4, -0.2) is 13.2 Å². The van der Waals surface area contributed by atoms with Gasteiger partial charge in [-0.2, -0.15) is 5.26 Å². The number of anilines is 3. The first-order valence-corrected chi connectivity index (χ1v) is 9.19. The van der Waals surface area contributed by atoms with Crippen LogP contribution in [0.2, 0.25) is 0 Å². The van der Waals surface area contributed by atoms with E-state index in [0.29, 0.717) is 11.3 Å². The minimum absolute atomic E-state index is 0.0350. The van der Waals surface area contributed by atoms with Crippen molar-refractivity contribution >= 4 is 22.7 Å². The largest absolute Gasteiger partial charge is 0.352 e. The van der Waals surface area contributed by atoms with Crippen molar-refractivity contribution in [2.45, 2.75) is 20.0 Å². The lowest BCUT2D eigenvalue weighted by Crippen LogP contribution is -2.36. The van der Waals surface area contributed by atoms with Crippen molar-refractivity contribution in [3.05, 3.63) is 83.2 Å². The monoisotopic (exact) mass is 364 g/mol. The van der Waals surface area contributed by atoms with Crippen LogP contribution in [0.1, 0.15) is 18.1 Å². The van der Waals surface area contributed by atoms with Gasteiger partial charge in [0.15, 0.2) is 0 Å². The molecule has 1 heterocycles. The van der Waals surface area contributed by atoms with Crippen molar-refractivity contribution in [3.63, 3.8) is 0 Å². The van der Waals surface area contributed by atoms with Gasteiger partial charge in [0.25, 0.3) is 0 Å². The van der Waals surface area contributed by atoms with Gasteiger partial charge in [-0.3, -0.25) is 0 Å². The van der Waals surface area contributed by atoms with Gasteiger partial charge in [-0.15, -0.1) is 0 Å². The minimum Gasteiger partial charge on any atom is -0.352 e. The average Bonchev–Trinajstić information content (AvgIpc) is 2.99. The molecule has 1 atom stereocenters. The van der Waals surface area contributed by atoms with Crippen LogP contribution in [-0.2, 0) is 0 Å². The second-order valence-corrected chi connectivity index (χ2v) is 7.03. The maximum absolute atomic E-state index is 9.68. The molecule has 0 amide bonds. The van der Waals surface area contributed by atoms with Crippen molar-refractivity contribution < 1.29 is 0 Å². The van der Waals surface area contributed by atoms with Gasteiger partial charge < -0.3 is 9.80 Å². The molecule has 3 aromatic rings. The van der Waals surface area contributed by atoms with E-state index < -0.39 is 0 Å². The van der Waals surface area contributed by atoms with Crippen LogP contribution in [0.3, 0.4) is 0 Å². The summed E-state index contributed by atoms with van der Waals surface area (Å²) in [5.74, 6) is 0. The Bertz CT molecular complexity index is 1140. The molecule has 136 valence electrons. The van der Waals surface area contributed by atoms with Crippen LogP contribution in [0, 0.1) is 24.8 Å². The molecule has 0 unspecified atom stereocenters. The van der Waals surface area contributed by atoms with Gasteiger partial charge in [0.1, 0.15) is 6.17 Å². The maximum Gasteiger partial charge on any atom is 0.206 e. The number of hydrogen-bond donors (Lipinski definition) is 0. The predicted octanol–water partition coefficient (Wildman–Crippen LogP) is 6.02. The highest BCUT2D eigenvalue weighted by atomic mass is 15.4. The second-order valence-electron chi connectivity index (χ2n) is 7.03. The van der Waals surface area contributed by atoms with Crippen LogP contribution in [0.4, 0.5) is 22.7 Å². The van der Waals surface area contributed by atoms with E-state index >= 15 is 0 Å². The lowest BCUT2D eigenvalue weighted by atomic mass is 10.0. The Hall–Kier alpha value is -3.76. The Morgan fingerprint density at radius 3 is 2.43 bits per heavy atom. The van der Waals surface area contributed by atoms with Crippen molar-refractivity contribution in [2.75, 3.05) is 16.8 Å². The fourth-order valence-corrected chi connectivity index (χ4v) is 3.90. The van der Waals surface area contributed by atoms with Gasteiger partial charge in [-0.05, 0) is 42.7 Å². The molecule has 0 saturated heterocycles. The minimum atomic E-state index is 0.0350. The number of hydrogen-bond acceptors (Lipinski definition) is 3. The van der Waals surface area contributed by atoms with Crippen molar-refractivity contribution in [2.24, 2.45) is 0 Å². The van der Waals surface area contributed by atoms with Crippen LogP contribution in [0.15, 0.2) is 60.7 Å². The molecule has 0 radical (unpaired) electrons. The summed E-state index contributed by atoms with van der Waals surface area (Å²) in [4.78, 5) is 7.87. The molecule has 0 saturated carbocycles. The van der Waals surface area contributed by atoms with Gasteiger partial charge in [-0.25, -0.2) is 4.85 Å². The Morgan fingerprint density at radius 2 is 1.75 bits per heavy atom. The summed E-state index contributed by atoms with van der Waals surface area (Å²) in [6.07, 6.45) is 0.0350. The Labute approximate surface area is 165 Å². The molecule has 4 heteroatoms. The van der Waals surface area contributed by atoms with E-state index in [-0.39, 0.29) is 6.17 Å². The number of nitriles is 1. The van der Waals surface area contributed by atoms with Crippen LogP contribution in [0.25, 0.3) is 16.0 Å². The molecule has 1 aliphatic rings. The molecule has 3 aromatic carbocycles. The summed E-state index contributed by atoms with van der Waals surface area (Å²) in [6.45, 7) is 11.6. The van der Waals surface area contributed by atoms with Gasteiger partial charge >= 0.3 is 0 Å². The fourth-order valence-electron chi connectivity index (χ4n) is 3.90. The highest BCUT2D eigenvalue weighted by Gasteiger charge is 2.35. The summed E-state index contributed by atoms with van der Waals surface area (Å²) >= 11 is 0. The molecule has 0 bridgehead atoms. The van der Waals surface area contributed by atoms with Crippen LogP contribution in [0.5, 0.6) is 0 Å². The second kappa shape index (κ2) is 6.76. The maximum atomic E-state index is 9.68. The summed E-state index contributed by atoms with van der Waals surface area (Å²) < 4.78 is 0. The Kier molecular flexibility index (Phi) is 4.26. The Morgan fingerprint density at radius 1 is 1.00 bits per heavy atom. The molecule has 1 aliphatic heterocycles. The van der Waals surface area contributed by atoms with E-state index in [0.717, 1.165) is 22.6 Å². The first-order chi connectivity index (χ1) is 13.6. The molecular formula is C24H20N4. The van der Waals surface area contributed by atoms with E-state index in [2.05, 4.69) is 64.9 Å². The third-order valence-corrected chi connectivity index (χ3v) is 5.49. The first kappa shape index (κ1) is 17.6. The van der Waals surface area contributed by atoms with Crippen LogP contribution >= 0.6 is 0 Å². The number of fused-ring (bicyclic) bond motifs is 1. The highest BCUT2D eigenvalue weighted by Crippen LogP contribution is 2.48. The lowest BCUT2D eigenvalue weighted by molar-refractivity contribution is 0.732. The van der Waals surface area contributed by atoms with E-state index in [1.165, 1.54) is 11.1 Å². The zero-order chi connectivity index (χ0) is 19.8. The van der Waals surface area contributed by atoms with E-state index in [1.807, 2.05) is 31.3 Å². The number of benzene rings is 3. The molecule has 4 nitrogen and oxygen atoms in total. The third kappa shape index (κ3) is 2.59. The van der Waals surface area contributed by atoms with E-state index in [1.54, 1.807) is 6.07 Å². The van der Waals surface area contributed by atoms with E-state index in [9.17, 15) is 5.26 Å². The average molecular weight is 364 g/mol. The van der Waals surface area contributed by atoms with Gasteiger partial charge in [-0.1, -0.05) is 48.5 Å². The third-order valence-electron chi connectivity index (χ3n) is 5.49. The number of aryl methyl sites for hydroxylation is 1. The van der Waals surface area contributed by atoms with Crippen LogP contribution < -0.4 is 9.80 Å². The van der Waals surface area contributed by atoms with Crippen molar-refractivity contribution in [1.82, 2.24) is 0 Å². The summed E-state index contributed by atoms with van der Waals surface area (Å²) in [5, 5.41) is 9.68. The molecule has 0 fully saturated rings. The molecule has 0 aromatic heterocycles. The quantitative estimate of drug-likeness (QED) is 0.522. The number of nitrogens with zero attached hydrogens (tertiary/aromatic N) is 4. The standard InChI is InChI=1S/C24H20N4/c1-16-10-11-19(18-8-6-5-7-9-18)14-23(16)28-17(2)27(4)24-20(15-25)21(26-3)12-13-22(24)28/h5-14,17H,1-2,4H3/t17-/m0/s1. The van der Waals surface area contributed by atoms with Gasteiger partial charge in [0, 0.05) is 12.7 Å². The molecule has 0 spiro atoms. The summed E-state index contributed by atoms with van der Waals surface area (Å²) in [5.41, 5.74) is 7.24. The summed E-state index contributed by atoms with van der Waals surface area (Å²) in [6, 6.07) is 22.8. The highest BCUT2D eigenvalue weighted by molar-refractivity contribution is 5.92. The number of rotatable bonds is 2. The molecule has 28 heavy (non-hydrogen) atoms. The van der Waals surface area contributed by atoms with Gasteiger partial charge in [0.05, 0.1) is 29.6 Å². The molecule has 4 rings (SSSR count). The lowest BCUT2D eigenvalue weighted by Gasteiger charge is -2.29. The smallest absolute Gasteiger partial charge is 0.206 e. The SMILES string of the molecule is [C-]#[N+]c1ccc2c(c1C#N)N(C)[C@H](C)N2c1cc(-c2ccccc2)ccc1C. The first-order valence-electron chi connectivity index (χ1n) is 9.19. The topological polar surface area (TPSA) is 34.6 Å². The zero-order valence-electron chi connectivity index (χ0n) is 16.1. The summed E-state index contributed by atoms with van der Waals surface area (Å²) in [7, 11) is 1.98. The van der Waals surface area contributed by atoms with Crippen molar-refractivity contribution in [1.29, 1.82) is 5.26 Å². The zero-order valence-corrected chi connectivity index (χ0v) is 16.1. The van der Waals surface area contributed by atoms with Crippen molar-refractivity contribution in [3.8, 4) is 17.2 Å². The van der Waals surface area contributed by atoms with E-state index in [4.69, 9.17) is 6.57 Å². The molecule has 0 N–H and O–H groups in total. The van der Waals surface area contributed by atoms with Gasteiger partial charge in [0.2, 0.25) is 5.69 Å². The molecule has 0 aliphatic carbocycles. The molecular weight excluding hydrogens is 344 g/mol. The Balaban J connectivity index is 1.91.